The predicted molar refractivity (Wildman–Crippen MR) is 80.4 cm³/mol. The molecule has 1 aliphatic carbocycles. The van der Waals surface area contributed by atoms with Gasteiger partial charge in [-0.2, -0.15) is 0 Å². The Morgan fingerprint density at radius 1 is 1.35 bits per heavy atom. The summed E-state index contributed by atoms with van der Waals surface area (Å²) in [6.07, 6.45) is 0.00618. The molecule has 2 rings (SSSR count). The highest BCUT2D eigenvalue weighted by atomic mass is 79.9. The highest BCUT2D eigenvalue weighted by Gasteiger charge is 2.48. The largest absolute Gasteiger partial charge is 0.438 e. The number of alkyl carbamates (subject to hydrolysis) is 1. The molecule has 0 saturated heterocycles. The first-order valence-corrected chi connectivity index (χ1v) is 7.45. The molecule has 0 spiro atoms. The molecule has 0 aliphatic heterocycles. The SMILES string of the molecule is CC(C)(C)NC(=O)OC1(c2ccc(Br)cc2)CC(O)C1. The van der Waals surface area contributed by atoms with Gasteiger partial charge in [0.25, 0.3) is 0 Å². The number of halogens is 1. The van der Waals surface area contributed by atoms with E-state index in [1.54, 1.807) is 0 Å². The van der Waals surface area contributed by atoms with E-state index in [1.807, 2.05) is 45.0 Å². The fraction of sp³-hybridized carbons (Fsp3) is 0.533. The van der Waals surface area contributed by atoms with Crippen LogP contribution in [-0.2, 0) is 10.3 Å². The Balaban J connectivity index is 2.14. The van der Waals surface area contributed by atoms with Crippen LogP contribution in [0.25, 0.3) is 0 Å². The second kappa shape index (κ2) is 5.37. The van der Waals surface area contributed by atoms with Gasteiger partial charge in [0.2, 0.25) is 0 Å². The first-order valence-electron chi connectivity index (χ1n) is 6.65. The fourth-order valence-corrected chi connectivity index (χ4v) is 2.61. The molecule has 5 heteroatoms. The molecule has 1 fully saturated rings. The second-order valence-electron chi connectivity index (χ2n) is 6.33. The Bertz CT molecular complexity index is 487. The maximum atomic E-state index is 12.0. The van der Waals surface area contributed by atoms with Crippen molar-refractivity contribution < 1.29 is 14.6 Å². The van der Waals surface area contributed by atoms with Crippen LogP contribution in [0.2, 0.25) is 0 Å². The Kier molecular flexibility index (Phi) is 4.12. The minimum absolute atomic E-state index is 0.347. The lowest BCUT2D eigenvalue weighted by atomic mass is 9.72. The molecule has 0 unspecified atom stereocenters. The number of nitrogens with one attached hydrogen (secondary N) is 1. The van der Waals surface area contributed by atoms with Gasteiger partial charge in [0.15, 0.2) is 0 Å². The Morgan fingerprint density at radius 2 is 1.90 bits per heavy atom. The predicted octanol–water partition coefficient (Wildman–Crippen LogP) is 3.32. The number of hydrogen-bond donors (Lipinski definition) is 2. The highest BCUT2D eigenvalue weighted by molar-refractivity contribution is 9.10. The Morgan fingerprint density at radius 3 is 2.35 bits per heavy atom. The van der Waals surface area contributed by atoms with Crippen LogP contribution in [-0.4, -0.2) is 22.8 Å². The fourth-order valence-electron chi connectivity index (χ4n) is 2.34. The van der Waals surface area contributed by atoms with Crippen LogP contribution < -0.4 is 5.32 Å². The van der Waals surface area contributed by atoms with Crippen LogP contribution in [0.1, 0.15) is 39.2 Å². The third kappa shape index (κ3) is 3.52. The van der Waals surface area contributed by atoms with Gasteiger partial charge in [-0.15, -0.1) is 0 Å². The summed E-state index contributed by atoms with van der Waals surface area (Å²) in [5, 5.41) is 12.4. The molecule has 1 saturated carbocycles. The van der Waals surface area contributed by atoms with Gasteiger partial charge >= 0.3 is 6.09 Å². The van der Waals surface area contributed by atoms with E-state index in [-0.39, 0.29) is 5.54 Å². The van der Waals surface area contributed by atoms with E-state index >= 15 is 0 Å². The van der Waals surface area contributed by atoms with Gasteiger partial charge in [-0.3, -0.25) is 0 Å². The molecule has 0 aromatic heterocycles. The van der Waals surface area contributed by atoms with Crippen LogP contribution in [0.3, 0.4) is 0 Å². The molecular weight excluding hydrogens is 322 g/mol. The molecule has 2 N–H and O–H groups in total. The number of aliphatic hydroxyl groups excluding tert-OH is 1. The lowest BCUT2D eigenvalue weighted by Gasteiger charge is -2.45. The van der Waals surface area contributed by atoms with E-state index in [4.69, 9.17) is 4.74 Å². The minimum Gasteiger partial charge on any atom is -0.438 e. The van der Waals surface area contributed by atoms with Gasteiger partial charge in [0.05, 0.1) is 6.10 Å². The van der Waals surface area contributed by atoms with Crippen molar-refractivity contribution in [2.75, 3.05) is 0 Å². The smallest absolute Gasteiger partial charge is 0.408 e. The van der Waals surface area contributed by atoms with E-state index in [1.165, 1.54) is 0 Å². The number of benzene rings is 1. The number of hydrogen-bond acceptors (Lipinski definition) is 3. The summed E-state index contributed by atoms with van der Waals surface area (Å²) in [4.78, 5) is 12.0. The number of aliphatic hydroxyl groups is 1. The van der Waals surface area contributed by atoms with Gasteiger partial charge in [-0.05, 0) is 38.5 Å². The summed E-state index contributed by atoms with van der Waals surface area (Å²) >= 11 is 3.39. The minimum atomic E-state index is -0.713. The van der Waals surface area contributed by atoms with Crippen molar-refractivity contribution in [3.8, 4) is 0 Å². The maximum absolute atomic E-state index is 12.0. The number of carbonyl (C=O) groups is 1. The first kappa shape index (κ1) is 15.3. The van der Waals surface area contributed by atoms with Crippen molar-refractivity contribution in [3.05, 3.63) is 34.3 Å². The molecule has 0 atom stereocenters. The zero-order valence-corrected chi connectivity index (χ0v) is 13.5. The van der Waals surface area contributed by atoms with Crippen molar-refractivity contribution >= 4 is 22.0 Å². The van der Waals surface area contributed by atoms with Crippen LogP contribution in [0.4, 0.5) is 4.79 Å². The van der Waals surface area contributed by atoms with Crippen molar-refractivity contribution in [3.63, 3.8) is 0 Å². The summed E-state index contributed by atoms with van der Waals surface area (Å²) in [6, 6.07) is 7.65. The van der Waals surface area contributed by atoms with Crippen LogP contribution >= 0.6 is 15.9 Å². The molecule has 20 heavy (non-hydrogen) atoms. The average molecular weight is 342 g/mol. The van der Waals surface area contributed by atoms with E-state index in [9.17, 15) is 9.90 Å². The summed E-state index contributed by atoms with van der Waals surface area (Å²) in [5.41, 5.74) is -0.148. The molecule has 1 amide bonds. The Labute approximate surface area is 127 Å². The lowest BCUT2D eigenvalue weighted by molar-refractivity contribution is -0.123. The summed E-state index contributed by atoms with van der Waals surface area (Å²) in [6.45, 7) is 5.70. The zero-order chi connectivity index (χ0) is 15.0. The monoisotopic (exact) mass is 341 g/mol. The van der Waals surface area contributed by atoms with Crippen molar-refractivity contribution in [2.24, 2.45) is 0 Å². The summed E-state index contributed by atoms with van der Waals surface area (Å²) < 4.78 is 6.59. The van der Waals surface area contributed by atoms with E-state index in [0.29, 0.717) is 12.8 Å². The van der Waals surface area contributed by atoms with Gasteiger partial charge in [0, 0.05) is 22.9 Å². The maximum Gasteiger partial charge on any atom is 0.408 e. The van der Waals surface area contributed by atoms with Crippen LogP contribution in [0, 0.1) is 0 Å². The zero-order valence-electron chi connectivity index (χ0n) is 11.9. The molecule has 1 aliphatic rings. The second-order valence-corrected chi connectivity index (χ2v) is 7.24. The third-order valence-electron chi connectivity index (χ3n) is 3.27. The molecular formula is C15H20BrNO3. The quantitative estimate of drug-likeness (QED) is 0.867. The Hall–Kier alpha value is -1.07. The molecule has 1 aromatic rings. The lowest BCUT2D eigenvalue weighted by Crippen LogP contribution is -2.51. The number of rotatable bonds is 2. The van der Waals surface area contributed by atoms with Gasteiger partial charge in [-0.1, -0.05) is 28.1 Å². The number of amides is 1. The standard InChI is InChI=1S/C15H20BrNO3/c1-14(2,3)17-13(19)20-15(8-12(18)9-15)10-4-6-11(16)7-5-10/h4-7,12,18H,8-9H2,1-3H3,(H,17,19). The third-order valence-corrected chi connectivity index (χ3v) is 3.79. The van der Waals surface area contributed by atoms with Crippen molar-refractivity contribution in [1.29, 1.82) is 0 Å². The normalized spacial score (nSPS) is 25.8. The number of carbonyl (C=O) groups excluding carboxylic acids is 1. The van der Waals surface area contributed by atoms with Gasteiger partial charge in [-0.25, -0.2) is 4.79 Å². The van der Waals surface area contributed by atoms with Crippen LogP contribution in [0.15, 0.2) is 28.7 Å². The molecule has 110 valence electrons. The molecule has 0 bridgehead atoms. The summed E-state index contributed by atoms with van der Waals surface area (Å²) in [5.74, 6) is 0. The van der Waals surface area contributed by atoms with E-state index in [0.717, 1.165) is 10.0 Å². The average Bonchev–Trinajstić information content (AvgIpc) is 2.24. The molecule has 0 radical (unpaired) electrons. The first-order chi connectivity index (χ1) is 9.20. The topological polar surface area (TPSA) is 58.6 Å². The van der Waals surface area contributed by atoms with Gasteiger partial charge in [0.1, 0.15) is 5.60 Å². The van der Waals surface area contributed by atoms with Crippen molar-refractivity contribution in [2.45, 2.75) is 50.9 Å². The molecule has 1 aromatic carbocycles. The molecule has 0 heterocycles. The highest BCUT2D eigenvalue weighted by Crippen LogP contribution is 2.45. The number of ether oxygens (including phenoxy) is 1. The van der Waals surface area contributed by atoms with Crippen LogP contribution in [0.5, 0.6) is 0 Å². The van der Waals surface area contributed by atoms with E-state index < -0.39 is 17.8 Å². The summed E-state index contributed by atoms with van der Waals surface area (Å²) in [7, 11) is 0. The molecule has 4 nitrogen and oxygen atoms in total. The van der Waals surface area contributed by atoms with Crippen molar-refractivity contribution in [1.82, 2.24) is 5.32 Å². The van der Waals surface area contributed by atoms with E-state index in [2.05, 4.69) is 21.2 Å². The van der Waals surface area contributed by atoms with Gasteiger partial charge < -0.3 is 15.2 Å².